The maximum absolute atomic E-state index is 12.4. The molecule has 1 heterocycles. The average Bonchev–Trinajstić information content (AvgIpc) is 2.92. The van der Waals surface area contributed by atoms with Gasteiger partial charge < -0.3 is 10.6 Å². The molecule has 2 rings (SSSR count). The van der Waals surface area contributed by atoms with Gasteiger partial charge in [0.05, 0.1) is 5.92 Å². The summed E-state index contributed by atoms with van der Waals surface area (Å²) < 4.78 is 0. The quantitative estimate of drug-likeness (QED) is 0.845. The number of carbonyl (C=O) groups is 1. The predicted octanol–water partition coefficient (Wildman–Crippen LogP) is 2.32. The van der Waals surface area contributed by atoms with Gasteiger partial charge in [-0.3, -0.25) is 9.69 Å². The summed E-state index contributed by atoms with van der Waals surface area (Å²) in [6.07, 6.45) is 0. The molecule has 0 radical (unpaired) electrons. The van der Waals surface area contributed by atoms with Gasteiger partial charge in [-0.2, -0.15) is 0 Å². The highest BCUT2D eigenvalue weighted by molar-refractivity contribution is 5.93. The molecule has 0 bridgehead atoms. The van der Waals surface area contributed by atoms with Crippen molar-refractivity contribution in [3.63, 3.8) is 0 Å². The summed E-state index contributed by atoms with van der Waals surface area (Å²) in [7, 11) is 0. The monoisotopic (exact) mass is 289 g/mol. The molecule has 2 atom stereocenters. The molecule has 0 saturated carbocycles. The zero-order chi connectivity index (χ0) is 15.2. The Morgan fingerprint density at radius 3 is 2.62 bits per heavy atom. The van der Waals surface area contributed by atoms with E-state index in [2.05, 4.69) is 42.4 Å². The summed E-state index contributed by atoms with van der Waals surface area (Å²) >= 11 is 0. The summed E-state index contributed by atoms with van der Waals surface area (Å²) in [6, 6.07) is 8.12. The minimum atomic E-state index is 0.0755. The van der Waals surface area contributed by atoms with Crippen LogP contribution < -0.4 is 10.6 Å². The Morgan fingerprint density at radius 1 is 1.29 bits per heavy atom. The standard InChI is InChI=1S/C17H27N3O/c1-4-20(5-2)12-14-8-6-7-9-16(14)19-17(21)15-11-18-10-13(15)3/h6-9,13,15,18H,4-5,10-12H2,1-3H3,(H,19,21)/t13-,15-/m1/s1. The lowest BCUT2D eigenvalue weighted by Crippen LogP contribution is -2.29. The Bertz CT molecular complexity index is 471. The summed E-state index contributed by atoms with van der Waals surface area (Å²) in [4.78, 5) is 14.8. The Hall–Kier alpha value is -1.39. The molecule has 0 aliphatic carbocycles. The van der Waals surface area contributed by atoms with Crippen LogP contribution in [0.2, 0.25) is 0 Å². The van der Waals surface area contributed by atoms with E-state index < -0.39 is 0 Å². The van der Waals surface area contributed by atoms with E-state index in [1.54, 1.807) is 0 Å². The Labute approximate surface area is 127 Å². The van der Waals surface area contributed by atoms with E-state index >= 15 is 0 Å². The number of para-hydroxylation sites is 1. The van der Waals surface area contributed by atoms with Crippen LogP contribution in [0.25, 0.3) is 0 Å². The number of benzene rings is 1. The zero-order valence-corrected chi connectivity index (χ0v) is 13.4. The topological polar surface area (TPSA) is 44.4 Å². The van der Waals surface area contributed by atoms with Crippen LogP contribution in [0.4, 0.5) is 5.69 Å². The molecule has 4 nitrogen and oxygen atoms in total. The van der Waals surface area contributed by atoms with Gasteiger partial charge in [0.1, 0.15) is 0 Å². The molecule has 4 heteroatoms. The number of hydrogen-bond acceptors (Lipinski definition) is 3. The minimum Gasteiger partial charge on any atom is -0.325 e. The van der Waals surface area contributed by atoms with Gasteiger partial charge in [-0.25, -0.2) is 0 Å². The number of amides is 1. The summed E-state index contributed by atoms with van der Waals surface area (Å²) in [5.41, 5.74) is 2.14. The summed E-state index contributed by atoms with van der Waals surface area (Å²) in [5.74, 6) is 0.617. The molecule has 1 aromatic rings. The van der Waals surface area contributed by atoms with Gasteiger partial charge in [-0.05, 0) is 37.2 Å². The second kappa shape index (κ2) is 7.57. The van der Waals surface area contributed by atoms with E-state index in [-0.39, 0.29) is 11.8 Å². The van der Waals surface area contributed by atoms with Crippen LogP contribution in [-0.2, 0) is 11.3 Å². The van der Waals surface area contributed by atoms with Gasteiger partial charge >= 0.3 is 0 Å². The smallest absolute Gasteiger partial charge is 0.229 e. The molecular weight excluding hydrogens is 262 g/mol. The first-order chi connectivity index (χ1) is 10.2. The molecule has 1 amide bonds. The fourth-order valence-corrected chi connectivity index (χ4v) is 2.85. The van der Waals surface area contributed by atoms with Crippen molar-refractivity contribution in [2.75, 3.05) is 31.5 Å². The van der Waals surface area contributed by atoms with Gasteiger partial charge in [0.15, 0.2) is 0 Å². The molecule has 1 aliphatic heterocycles. The van der Waals surface area contributed by atoms with Crippen LogP contribution in [0.15, 0.2) is 24.3 Å². The number of hydrogen-bond donors (Lipinski definition) is 2. The lowest BCUT2D eigenvalue weighted by atomic mass is 9.97. The Morgan fingerprint density at radius 2 is 2.00 bits per heavy atom. The number of nitrogens with zero attached hydrogens (tertiary/aromatic N) is 1. The van der Waals surface area contributed by atoms with Crippen LogP contribution >= 0.6 is 0 Å². The van der Waals surface area contributed by atoms with E-state index in [0.29, 0.717) is 5.92 Å². The number of anilines is 1. The zero-order valence-electron chi connectivity index (χ0n) is 13.4. The Kier molecular flexibility index (Phi) is 5.76. The highest BCUT2D eigenvalue weighted by atomic mass is 16.1. The molecule has 1 aromatic carbocycles. The second-order valence-electron chi connectivity index (χ2n) is 5.85. The maximum Gasteiger partial charge on any atom is 0.229 e. The molecule has 116 valence electrons. The third-order valence-corrected chi connectivity index (χ3v) is 4.42. The fraction of sp³-hybridized carbons (Fsp3) is 0.588. The first-order valence-electron chi connectivity index (χ1n) is 7.97. The van der Waals surface area contributed by atoms with Crippen LogP contribution in [0, 0.1) is 11.8 Å². The lowest BCUT2D eigenvalue weighted by molar-refractivity contribution is -0.120. The highest BCUT2D eigenvalue weighted by Gasteiger charge is 2.29. The SMILES string of the molecule is CCN(CC)Cc1ccccc1NC(=O)[C@@H]1CNC[C@H]1C. The molecular formula is C17H27N3O. The first-order valence-corrected chi connectivity index (χ1v) is 7.97. The third-order valence-electron chi connectivity index (χ3n) is 4.42. The maximum atomic E-state index is 12.4. The van der Waals surface area contributed by atoms with Gasteiger partial charge in [0.2, 0.25) is 5.91 Å². The highest BCUT2D eigenvalue weighted by Crippen LogP contribution is 2.21. The normalized spacial score (nSPS) is 21.7. The molecule has 1 saturated heterocycles. The second-order valence-corrected chi connectivity index (χ2v) is 5.85. The molecule has 0 aromatic heterocycles. The van der Waals surface area contributed by atoms with Crippen molar-refractivity contribution in [3.8, 4) is 0 Å². The molecule has 1 fully saturated rings. The van der Waals surface area contributed by atoms with E-state index in [1.807, 2.05) is 18.2 Å². The largest absolute Gasteiger partial charge is 0.325 e. The Balaban J connectivity index is 2.07. The number of carbonyl (C=O) groups excluding carboxylic acids is 1. The predicted molar refractivity (Wildman–Crippen MR) is 87.2 cm³/mol. The van der Waals surface area contributed by atoms with Gasteiger partial charge in [0, 0.05) is 18.8 Å². The molecule has 21 heavy (non-hydrogen) atoms. The van der Waals surface area contributed by atoms with Crippen LogP contribution in [0.3, 0.4) is 0 Å². The number of nitrogens with one attached hydrogen (secondary N) is 2. The van der Waals surface area contributed by atoms with Crippen molar-refractivity contribution in [1.82, 2.24) is 10.2 Å². The van der Waals surface area contributed by atoms with Crippen LogP contribution in [0.1, 0.15) is 26.3 Å². The van der Waals surface area contributed by atoms with Gasteiger partial charge in [0.25, 0.3) is 0 Å². The molecule has 0 spiro atoms. The fourth-order valence-electron chi connectivity index (χ4n) is 2.85. The van der Waals surface area contributed by atoms with E-state index in [1.165, 1.54) is 5.56 Å². The molecule has 1 aliphatic rings. The lowest BCUT2D eigenvalue weighted by Gasteiger charge is -2.21. The van der Waals surface area contributed by atoms with Gasteiger partial charge in [-0.1, -0.05) is 39.0 Å². The number of rotatable bonds is 6. The van der Waals surface area contributed by atoms with Crippen molar-refractivity contribution >= 4 is 11.6 Å². The molecule has 0 unspecified atom stereocenters. The van der Waals surface area contributed by atoms with E-state index in [9.17, 15) is 4.79 Å². The van der Waals surface area contributed by atoms with Crippen molar-refractivity contribution in [3.05, 3.63) is 29.8 Å². The summed E-state index contributed by atoms with van der Waals surface area (Å²) in [5, 5.41) is 6.42. The minimum absolute atomic E-state index is 0.0755. The van der Waals surface area contributed by atoms with E-state index in [4.69, 9.17) is 0 Å². The first kappa shape index (κ1) is 16.0. The van der Waals surface area contributed by atoms with Crippen molar-refractivity contribution < 1.29 is 4.79 Å². The van der Waals surface area contributed by atoms with Crippen molar-refractivity contribution in [2.24, 2.45) is 11.8 Å². The molecule has 2 N–H and O–H groups in total. The van der Waals surface area contributed by atoms with Crippen LogP contribution in [-0.4, -0.2) is 37.0 Å². The van der Waals surface area contributed by atoms with Crippen molar-refractivity contribution in [2.45, 2.75) is 27.3 Å². The van der Waals surface area contributed by atoms with E-state index in [0.717, 1.165) is 38.4 Å². The summed E-state index contributed by atoms with van der Waals surface area (Å²) in [6.45, 7) is 11.1. The third kappa shape index (κ3) is 4.05. The van der Waals surface area contributed by atoms with Gasteiger partial charge in [-0.15, -0.1) is 0 Å². The average molecular weight is 289 g/mol. The van der Waals surface area contributed by atoms with Crippen molar-refractivity contribution in [1.29, 1.82) is 0 Å². The van der Waals surface area contributed by atoms with Crippen LogP contribution in [0.5, 0.6) is 0 Å².